The molecule has 2 aliphatic heterocycles. The Kier molecular flexibility index (Phi) is 6.25. The number of aromatic nitrogens is 1. The molecule has 1 atom stereocenters. The fourth-order valence-corrected chi connectivity index (χ4v) is 5.37. The maximum atomic E-state index is 12.9. The number of hydrogen-bond donors (Lipinski definition) is 1. The Labute approximate surface area is 206 Å². The third-order valence-corrected chi connectivity index (χ3v) is 7.21. The van der Waals surface area contributed by atoms with Gasteiger partial charge in [-0.15, -0.1) is 11.8 Å². The minimum atomic E-state index is -0.604. The molecule has 1 N–H and O–H groups in total. The van der Waals surface area contributed by atoms with Crippen LogP contribution in [-0.2, 0) is 14.3 Å². The van der Waals surface area contributed by atoms with Gasteiger partial charge in [0.05, 0.1) is 17.4 Å². The Hall–Kier alpha value is -3.72. The molecule has 0 unspecified atom stereocenters. The van der Waals surface area contributed by atoms with Gasteiger partial charge in [0, 0.05) is 33.6 Å². The lowest BCUT2D eigenvalue weighted by atomic mass is 10.1. The average molecular weight is 493 g/mol. The van der Waals surface area contributed by atoms with Crippen LogP contribution in [0.25, 0.3) is 5.69 Å². The van der Waals surface area contributed by atoms with Crippen molar-refractivity contribution in [3.8, 4) is 17.2 Å². The van der Waals surface area contributed by atoms with Gasteiger partial charge in [-0.3, -0.25) is 14.4 Å². The summed E-state index contributed by atoms with van der Waals surface area (Å²) in [7, 11) is 0. The van der Waals surface area contributed by atoms with Crippen molar-refractivity contribution in [1.29, 1.82) is 0 Å². The van der Waals surface area contributed by atoms with Gasteiger partial charge in [0.25, 0.3) is 0 Å². The van der Waals surface area contributed by atoms with Gasteiger partial charge in [0.2, 0.25) is 11.7 Å². The third kappa shape index (κ3) is 4.64. The van der Waals surface area contributed by atoms with Crippen LogP contribution in [0, 0.1) is 13.8 Å². The number of aryl methyl sites for hydroxylation is 1. The Morgan fingerprint density at radius 1 is 1.09 bits per heavy atom. The number of Topliss-reactive ketones (excluding diaryl/α,β-unsaturated/α-hetero) is 1. The molecule has 180 valence electrons. The number of fused-ring (bicyclic) bond motifs is 2. The highest BCUT2D eigenvalue weighted by Gasteiger charge is 2.30. The first-order valence-corrected chi connectivity index (χ1v) is 12.1. The minimum absolute atomic E-state index is 0.117. The van der Waals surface area contributed by atoms with Gasteiger partial charge in [-0.1, -0.05) is 12.1 Å². The molecule has 0 saturated carbocycles. The van der Waals surface area contributed by atoms with Crippen LogP contribution in [0.1, 0.15) is 28.2 Å². The first-order chi connectivity index (χ1) is 16.9. The van der Waals surface area contributed by atoms with Crippen molar-refractivity contribution < 1.29 is 28.6 Å². The van der Waals surface area contributed by atoms with E-state index in [2.05, 4.69) is 5.32 Å². The number of nitrogens with one attached hydrogen (secondary N) is 1. The number of nitrogens with zero attached hydrogens (tertiary/aromatic N) is 1. The second kappa shape index (κ2) is 9.50. The molecule has 3 heterocycles. The molecule has 0 aliphatic carbocycles. The molecule has 35 heavy (non-hydrogen) atoms. The smallest absolute Gasteiger partial charge is 0.307 e. The van der Waals surface area contributed by atoms with Gasteiger partial charge >= 0.3 is 5.97 Å². The number of ether oxygens (including phenoxy) is 3. The van der Waals surface area contributed by atoms with Gasteiger partial charge in [-0.2, -0.15) is 0 Å². The largest absolute Gasteiger partial charge is 0.486 e. The number of rotatable bonds is 6. The topological polar surface area (TPSA) is 95.9 Å². The van der Waals surface area contributed by atoms with Gasteiger partial charge < -0.3 is 24.1 Å². The quantitative estimate of drug-likeness (QED) is 0.409. The van der Waals surface area contributed by atoms with E-state index in [1.54, 1.807) is 6.07 Å². The number of thioether (sulfide) groups is 1. The van der Waals surface area contributed by atoms with Gasteiger partial charge in [0.1, 0.15) is 13.2 Å². The number of esters is 1. The molecule has 0 spiro atoms. The molecule has 2 aromatic carbocycles. The Morgan fingerprint density at radius 3 is 2.69 bits per heavy atom. The molecular weight excluding hydrogens is 468 g/mol. The van der Waals surface area contributed by atoms with E-state index in [4.69, 9.17) is 14.2 Å². The van der Waals surface area contributed by atoms with Crippen LogP contribution >= 0.6 is 11.8 Å². The normalized spacial score (nSPS) is 16.3. The lowest BCUT2D eigenvalue weighted by Crippen LogP contribution is -2.31. The minimum Gasteiger partial charge on any atom is -0.486 e. The van der Waals surface area contributed by atoms with Crippen LogP contribution in [0.2, 0.25) is 0 Å². The Morgan fingerprint density at radius 2 is 1.86 bits per heavy atom. The summed E-state index contributed by atoms with van der Waals surface area (Å²) in [6, 6.07) is 14.8. The molecule has 5 rings (SSSR count). The van der Waals surface area contributed by atoms with Gasteiger partial charge in [-0.25, -0.2) is 0 Å². The van der Waals surface area contributed by atoms with Crippen LogP contribution in [0.4, 0.5) is 5.69 Å². The number of hydrogen-bond acceptors (Lipinski definition) is 7. The van der Waals surface area contributed by atoms with Crippen molar-refractivity contribution in [1.82, 2.24) is 4.57 Å². The Balaban J connectivity index is 1.24. The second-order valence-electron chi connectivity index (χ2n) is 8.33. The Bertz CT molecular complexity index is 1330. The molecule has 0 fully saturated rings. The third-order valence-electron chi connectivity index (χ3n) is 5.94. The van der Waals surface area contributed by atoms with Gasteiger partial charge in [0.15, 0.2) is 18.1 Å². The highest BCUT2D eigenvalue weighted by molar-refractivity contribution is 8.01. The maximum Gasteiger partial charge on any atom is 0.307 e. The number of anilines is 1. The number of benzene rings is 2. The van der Waals surface area contributed by atoms with Crippen LogP contribution in [0.3, 0.4) is 0 Å². The number of carbonyl (C=O) groups is 3. The first-order valence-electron chi connectivity index (χ1n) is 11.2. The number of para-hydroxylation sites is 1. The van der Waals surface area contributed by atoms with Crippen LogP contribution in [0.15, 0.2) is 53.4 Å². The molecule has 0 saturated heterocycles. The average Bonchev–Trinajstić information content (AvgIpc) is 3.16. The van der Waals surface area contributed by atoms with Crippen LogP contribution in [0.5, 0.6) is 11.5 Å². The molecule has 3 aromatic rings. The number of ketones is 1. The zero-order valence-corrected chi connectivity index (χ0v) is 20.1. The lowest BCUT2D eigenvalue weighted by molar-refractivity contribution is -0.143. The molecule has 9 heteroatoms. The monoisotopic (exact) mass is 492 g/mol. The second-order valence-corrected chi connectivity index (χ2v) is 9.57. The predicted molar refractivity (Wildman–Crippen MR) is 131 cm³/mol. The molecule has 0 radical (unpaired) electrons. The van der Waals surface area contributed by atoms with E-state index in [9.17, 15) is 14.4 Å². The van der Waals surface area contributed by atoms with E-state index in [1.165, 1.54) is 11.8 Å². The number of carbonyl (C=O) groups excluding carboxylic acids is 3. The fourth-order valence-electron chi connectivity index (χ4n) is 4.27. The van der Waals surface area contributed by atoms with Gasteiger partial charge in [-0.05, 0) is 44.2 Å². The fraction of sp³-hybridized carbons (Fsp3) is 0.269. The standard InChI is InChI=1S/C26H24N2O6S/c1-15-11-18(16(2)28(15)17-7-8-21-22(12-17)33-10-9-32-21)20(29)14-34-25(30)13-24-26(31)27-19-5-3-4-6-23(19)35-24/h3-8,11-12,24H,9-10,13-14H2,1-2H3,(H,27,31)/t24-/m1/s1. The highest BCUT2D eigenvalue weighted by atomic mass is 32.2. The van der Waals surface area contributed by atoms with Crippen molar-refractivity contribution in [3.63, 3.8) is 0 Å². The molecule has 1 aromatic heterocycles. The zero-order valence-electron chi connectivity index (χ0n) is 19.3. The lowest BCUT2D eigenvalue weighted by Gasteiger charge is -2.23. The predicted octanol–water partition coefficient (Wildman–Crippen LogP) is 4.09. The summed E-state index contributed by atoms with van der Waals surface area (Å²) in [5, 5.41) is 2.20. The van der Waals surface area contributed by atoms with E-state index >= 15 is 0 Å². The summed E-state index contributed by atoms with van der Waals surface area (Å²) in [6.07, 6.45) is -0.117. The summed E-state index contributed by atoms with van der Waals surface area (Å²) in [5.41, 5.74) is 3.65. The molecule has 0 bridgehead atoms. The SMILES string of the molecule is Cc1cc(C(=O)COC(=O)C[C@H]2Sc3ccccc3NC2=O)c(C)n1-c1ccc2c(c1)OCCO2. The van der Waals surface area contributed by atoms with Crippen molar-refractivity contribution in [2.24, 2.45) is 0 Å². The van der Waals surface area contributed by atoms with E-state index in [-0.39, 0.29) is 24.7 Å². The molecular formula is C26H24N2O6S. The number of amides is 1. The molecule has 1 amide bonds. The van der Waals surface area contributed by atoms with Crippen molar-refractivity contribution >= 4 is 35.1 Å². The van der Waals surface area contributed by atoms with E-state index in [0.717, 1.165) is 27.7 Å². The van der Waals surface area contributed by atoms with Crippen molar-refractivity contribution in [2.45, 2.75) is 30.4 Å². The van der Waals surface area contributed by atoms with E-state index in [1.807, 2.05) is 60.9 Å². The highest BCUT2D eigenvalue weighted by Crippen LogP contribution is 2.37. The first kappa shape index (κ1) is 23.0. The van der Waals surface area contributed by atoms with Crippen molar-refractivity contribution in [3.05, 3.63) is 65.5 Å². The summed E-state index contributed by atoms with van der Waals surface area (Å²) in [4.78, 5) is 38.6. The van der Waals surface area contributed by atoms with E-state index in [0.29, 0.717) is 30.3 Å². The summed E-state index contributed by atoms with van der Waals surface area (Å²) >= 11 is 1.32. The van der Waals surface area contributed by atoms with Crippen LogP contribution < -0.4 is 14.8 Å². The summed E-state index contributed by atoms with van der Waals surface area (Å²) in [5.74, 6) is 0.210. The van der Waals surface area contributed by atoms with E-state index < -0.39 is 11.2 Å². The summed E-state index contributed by atoms with van der Waals surface area (Å²) < 4.78 is 18.5. The van der Waals surface area contributed by atoms with Crippen LogP contribution in [-0.4, -0.2) is 47.3 Å². The zero-order chi connectivity index (χ0) is 24.5. The summed E-state index contributed by atoms with van der Waals surface area (Å²) in [6.45, 7) is 4.37. The molecule has 8 nitrogen and oxygen atoms in total. The molecule has 2 aliphatic rings. The van der Waals surface area contributed by atoms with Crippen molar-refractivity contribution in [2.75, 3.05) is 25.1 Å². The maximum absolute atomic E-state index is 12.9.